The maximum atomic E-state index is 11.6. The lowest BCUT2D eigenvalue weighted by Gasteiger charge is -2.08. The Morgan fingerprint density at radius 2 is 2.12 bits per heavy atom. The summed E-state index contributed by atoms with van der Waals surface area (Å²) in [6.45, 7) is 4.43. The van der Waals surface area contributed by atoms with E-state index in [0.717, 1.165) is 0 Å². The van der Waals surface area contributed by atoms with Crippen LogP contribution in [0.5, 0.6) is 0 Å². The van der Waals surface area contributed by atoms with Crippen LogP contribution in [0.2, 0.25) is 10.0 Å². The maximum Gasteiger partial charge on any atom is 0.276 e. The van der Waals surface area contributed by atoms with Gasteiger partial charge < -0.3 is 0 Å². The second-order valence-electron chi connectivity index (χ2n) is 3.76. The molecule has 1 amide bonds. The minimum atomic E-state index is -0.373. The van der Waals surface area contributed by atoms with Crippen LogP contribution in [0.25, 0.3) is 0 Å². The van der Waals surface area contributed by atoms with E-state index in [1.807, 2.05) is 13.8 Å². The first-order valence-electron chi connectivity index (χ1n) is 4.88. The van der Waals surface area contributed by atoms with Gasteiger partial charge in [-0.25, -0.2) is 5.48 Å². The van der Waals surface area contributed by atoms with Crippen molar-refractivity contribution in [2.45, 2.75) is 13.8 Å². The van der Waals surface area contributed by atoms with Crippen molar-refractivity contribution in [1.29, 1.82) is 0 Å². The summed E-state index contributed by atoms with van der Waals surface area (Å²) in [5.74, 6) is -0.0247. The predicted octanol–water partition coefficient (Wildman–Crippen LogP) is 3.31. The van der Waals surface area contributed by atoms with Gasteiger partial charge in [-0.15, -0.1) is 0 Å². The highest BCUT2D eigenvalue weighted by Gasteiger charge is 2.10. The zero-order valence-corrected chi connectivity index (χ0v) is 10.6. The van der Waals surface area contributed by atoms with Crippen LogP contribution in [0, 0.1) is 5.92 Å². The molecule has 0 aromatic heterocycles. The fraction of sp³-hybridized carbons (Fsp3) is 0.364. The Balaban J connectivity index is 2.59. The van der Waals surface area contributed by atoms with Crippen LogP contribution in [-0.2, 0) is 4.84 Å². The molecule has 0 bridgehead atoms. The van der Waals surface area contributed by atoms with E-state index < -0.39 is 0 Å². The Morgan fingerprint density at radius 3 is 2.69 bits per heavy atom. The van der Waals surface area contributed by atoms with E-state index in [1.54, 1.807) is 12.1 Å². The van der Waals surface area contributed by atoms with Crippen LogP contribution in [-0.4, -0.2) is 12.5 Å². The first kappa shape index (κ1) is 13.3. The number of hydroxylamine groups is 1. The molecule has 0 radical (unpaired) electrons. The van der Waals surface area contributed by atoms with Gasteiger partial charge in [0.1, 0.15) is 0 Å². The molecule has 0 heterocycles. The van der Waals surface area contributed by atoms with Crippen LogP contribution in [0.4, 0.5) is 0 Å². The second-order valence-corrected chi connectivity index (χ2v) is 4.60. The molecular weight excluding hydrogens is 249 g/mol. The highest BCUT2D eigenvalue weighted by molar-refractivity contribution is 6.36. The normalized spacial score (nSPS) is 10.6. The van der Waals surface area contributed by atoms with Gasteiger partial charge in [0.15, 0.2) is 0 Å². The first-order chi connectivity index (χ1) is 7.50. The Labute approximate surface area is 105 Å². The fourth-order valence-electron chi connectivity index (χ4n) is 1.00. The summed E-state index contributed by atoms with van der Waals surface area (Å²) >= 11 is 11.6. The maximum absolute atomic E-state index is 11.6. The molecule has 5 heteroatoms. The Morgan fingerprint density at radius 1 is 1.44 bits per heavy atom. The SMILES string of the molecule is CC(C)CONC(=O)c1ccc(Cl)cc1Cl. The fourth-order valence-corrected chi connectivity index (χ4v) is 1.50. The van der Waals surface area contributed by atoms with Gasteiger partial charge in [0.2, 0.25) is 0 Å². The van der Waals surface area contributed by atoms with Gasteiger partial charge >= 0.3 is 0 Å². The molecule has 0 aliphatic heterocycles. The topological polar surface area (TPSA) is 38.3 Å². The van der Waals surface area contributed by atoms with Gasteiger partial charge in [-0.1, -0.05) is 37.0 Å². The van der Waals surface area contributed by atoms with Crippen molar-refractivity contribution in [3.05, 3.63) is 33.8 Å². The van der Waals surface area contributed by atoms with E-state index in [-0.39, 0.29) is 5.91 Å². The van der Waals surface area contributed by atoms with E-state index in [4.69, 9.17) is 28.0 Å². The molecule has 1 aromatic rings. The molecule has 0 unspecified atom stereocenters. The molecule has 1 N–H and O–H groups in total. The minimum absolute atomic E-state index is 0.304. The van der Waals surface area contributed by atoms with E-state index >= 15 is 0 Å². The molecule has 0 fully saturated rings. The van der Waals surface area contributed by atoms with Crippen molar-refractivity contribution in [2.75, 3.05) is 6.61 Å². The molecular formula is C11H13Cl2NO2. The lowest BCUT2D eigenvalue weighted by atomic mass is 10.2. The number of rotatable bonds is 4. The summed E-state index contributed by atoms with van der Waals surface area (Å²) in [5, 5.41) is 0.794. The quantitative estimate of drug-likeness (QED) is 0.845. The van der Waals surface area contributed by atoms with Crippen molar-refractivity contribution in [1.82, 2.24) is 5.48 Å². The predicted molar refractivity (Wildman–Crippen MR) is 64.7 cm³/mol. The van der Waals surface area contributed by atoms with Crippen LogP contribution in [0.1, 0.15) is 24.2 Å². The summed E-state index contributed by atoms with van der Waals surface area (Å²) in [4.78, 5) is 16.6. The monoisotopic (exact) mass is 261 g/mol. The molecule has 0 saturated heterocycles. The Bertz CT molecular complexity index is 380. The van der Waals surface area contributed by atoms with Gasteiger partial charge in [0.05, 0.1) is 17.2 Å². The average Bonchev–Trinajstić information content (AvgIpc) is 2.16. The van der Waals surface area contributed by atoms with Crippen molar-refractivity contribution in [3.63, 3.8) is 0 Å². The van der Waals surface area contributed by atoms with Crippen molar-refractivity contribution >= 4 is 29.1 Å². The highest BCUT2D eigenvalue weighted by atomic mass is 35.5. The molecule has 88 valence electrons. The summed E-state index contributed by atoms with van der Waals surface area (Å²) < 4.78 is 0. The van der Waals surface area contributed by atoms with Crippen molar-refractivity contribution in [3.8, 4) is 0 Å². The van der Waals surface area contributed by atoms with Crippen molar-refractivity contribution in [2.24, 2.45) is 5.92 Å². The average molecular weight is 262 g/mol. The lowest BCUT2D eigenvalue weighted by Crippen LogP contribution is -2.25. The molecule has 1 aromatic carbocycles. The number of amides is 1. The highest BCUT2D eigenvalue weighted by Crippen LogP contribution is 2.20. The smallest absolute Gasteiger partial charge is 0.273 e. The third-order valence-electron chi connectivity index (χ3n) is 1.76. The summed E-state index contributed by atoms with van der Waals surface area (Å²) in [6.07, 6.45) is 0. The first-order valence-corrected chi connectivity index (χ1v) is 5.63. The third kappa shape index (κ3) is 4.00. The number of hydrogen-bond donors (Lipinski definition) is 1. The standard InChI is InChI=1S/C11H13Cl2NO2/c1-7(2)6-16-14-11(15)9-4-3-8(12)5-10(9)13/h3-5,7H,6H2,1-2H3,(H,14,15). The van der Waals surface area contributed by atoms with Crippen LogP contribution in [0.15, 0.2) is 18.2 Å². The molecule has 0 aliphatic rings. The van der Waals surface area contributed by atoms with Crippen LogP contribution < -0.4 is 5.48 Å². The number of carbonyl (C=O) groups is 1. The zero-order chi connectivity index (χ0) is 12.1. The number of halogens is 2. The number of hydrogen-bond acceptors (Lipinski definition) is 2. The van der Waals surface area contributed by atoms with Gasteiger partial charge in [-0.2, -0.15) is 0 Å². The summed E-state index contributed by atoms with van der Waals surface area (Å²) in [5.41, 5.74) is 2.67. The number of nitrogens with one attached hydrogen (secondary N) is 1. The zero-order valence-electron chi connectivity index (χ0n) is 9.09. The van der Waals surface area contributed by atoms with E-state index in [1.165, 1.54) is 6.07 Å². The molecule has 0 aliphatic carbocycles. The molecule has 3 nitrogen and oxygen atoms in total. The van der Waals surface area contributed by atoms with Gasteiger partial charge in [0, 0.05) is 5.02 Å². The largest absolute Gasteiger partial charge is 0.276 e. The van der Waals surface area contributed by atoms with Gasteiger partial charge in [-0.3, -0.25) is 9.63 Å². The Kier molecular flexibility index (Phi) is 5.06. The molecule has 0 spiro atoms. The summed E-state index contributed by atoms with van der Waals surface area (Å²) in [7, 11) is 0. The molecule has 0 saturated carbocycles. The molecule has 16 heavy (non-hydrogen) atoms. The number of carbonyl (C=O) groups excluding carboxylic acids is 1. The van der Waals surface area contributed by atoms with Crippen LogP contribution in [0.3, 0.4) is 0 Å². The Hall–Kier alpha value is -0.770. The minimum Gasteiger partial charge on any atom is -0.273 e. The van der Waals surface area contributed by atoms with E-state index in [9.17, 15) is 4.79 Å². The second kappa shape index (κ2) is 6.09. The third-order valence-corrected chi connectivity index (χ3v) is 2.31. The van der Waals surface area contributed by atoms with Crippen molar-refractivity contribution < 1.29 is 9.63 Å². The van der Waals surface area contributed by atoms with Gasteiger partial charge in [-0.05, 0) is 24.1 Å². The van der Waals surface area contributed by atoms with E-state index in [2.05, 4.69) is 5.48 Å². The number of benzene rings is 1. The van der Waals surface area contributed by atoms with Gasteiger partial charge in [0.25, 0.3) is 5.91 Å². The molecule has 0 atom stereocenters. The molecule has 1 rings (SSSR count). The van der Waals surface area contributed by atoms with E-state index in [0.29, 0.717) is 28.1 Å². The van der Waals surface area contributed by atoms with Crippen LogP contribution >= 0.6 is 23.2 Å². The lowest BCUT2D eigenvalue weighted by molar-refractivity contribution is 0.0209. The summed E-state index contributed by atoms with van der Waals surface area (Å²) in [6, 6.07) is 4.67.